The summed E-state index contributed by atoms with van der Waals surface area (Å²) >= 11 is 0. The molecule has 1 aliphatic rings. The molecule has 9 nitrogen and oxygen atoms in total. The van der Waals surface area contributed by atoms with Crippen LogP contribution >= 0.6 is 0 Å². The standard InChI is InChI=1S/C11H17N3O6/c1-12-2-5-3-14(11(19)13-9(5)18)10-8(17)7(16)6(4-15)20-10/h3,6-8,10,12,15-17H,2,4H2,1H3,(H,13,18,19)/t6-,7?,8?,10-/m1/s1. The summed E-state index contributed by atoms with van der Waals surface area (Å²) < 4.78 is 6.24. The molecule has 2 heterocycles. The van der Waals surface area contributed by atoms with Crippen LogP contribution in [-0.4, -0.2) is 56.8 Å². The van der Waals surface area contributed by atoms with Gasteiger partial charge in [-0.05, 0) is 7.05 Å². The minimum atomic E-state index is -1.38. The number of aromatic amines is 1. The molecular weight excluding hydrogens is 270 g/mol. The minimum Gasteiger partial charge on any atom is -0.394 e. The molecule has 1 aliphatic heterocycles. The van der Waals surface area contributed by atoms with Crippen molar-refractivity contribution in [1.29, 1.82) is 0 Å². The Bertz CT molecular complexity index is 582. The van der Waals surface area contributed by atoms with Crippen molar-refractivity contribution in [3.8, 4) is 0 Å². The van der Waals surface area contributed by atoms with Crippen LogP contribution in [0.3, 0.4) is 0 Å². The third kappa shape index (κ3) is 2.53. The first-order valence-electron chi connectivity index (χ1n) is 6.11. The molecule has 1 saturated heterocycles. The average molecular weight is 287 g/mol. The van der Waals surface area contributed by atoms with Crippen LogP contribution in [0.5, 0.6) is 0 Å². The van der Waals surface area contributed by atoms with Gasteiger partial charge < -0.3 is 25.4 Å². The zero-order chi connectivity index (χ0) is 14.9. The highest BCUT2D eigenvalue weighted by molar-refractivity contribution is 5.05. The van der Waals surface area contributed by atoms with Crippen LogP contribution in [0.15, 0.2) is 15.8 Å². The van der Waals surface area contributed by atoms with Gasteiger partial charge in [0, 0.05) is 18.3 Å². The van der Waals surface area contributed by atoms with E-state index in [-0.39, 0.29) is 12.1 Å². The number of ether oxygens (including phenoxy) is 1. The van der Waals surface area contributed by atoms with E-state index < -0.39 is 42.4 Å². The van der Waals surface area contributed by atoms with Gasteiger partial charge in [-0.1, -0.05) is 0 Å². The molecule has 20 heavy (non-hydrogen) atoms. The number of aliphatic hydroxyl groups is 3. The SMILES string of the molecule is CNCc1cn([C@@H]2O[C@H](CO)C(O)C2O)c(=O)[nH]c1=O. The third-order valence-corrected chi connectivity index (χ3v) is 3.20. The number of nitrogens with one attached hydrogen (secondary N) is 2. The van der Waals surface area contributed by atoms with Crippen molar-refractivity contribution in [3.63, 3.8) is 0 Å². The maximum Gasteiger partial charge on any atom is 0.330 e. The van der Waals surface area contributed by atoms with Crippen molar-refractivity contribution in [3.05, 3.63) is 32.6 Å². The van der Waals surface area contributed by atoms with Crippen LogP contribution in [-0.2, 0) is 11.3 Å². The maximum absolute atomic E-state index is 11.8. The summed E-state index contributed by atoms with van der Waals surface area (Å²) in [7, 11) is 1.64. The predicted molar refractivity (Wildman–Crippen MR) is 67.1 cm³/mol. The van der Waals surface area contributed by atoms with E-state index in [1.807, 2.05) is 0 Å². The average Bonchev–Trinajstić information content (AvgIpc) is 2.70. The number of hydrogen-bond donors (Lipinski definition) is 5. The fourth-order valence-corrected chi connectivity index (χ4v) is 2.14. The highest BCUT2D eigenvalue weighted by Gasteiger charge is 2.43. The van der Waals surface area contributed by atoms with Crippen molar-refractivity contribution < 1.29 is 20.1 Å². The number of nitrogens with zero attached hydrogens (tertiary/aromatic N) is 1. The molecule has 0 amide bonds. The first-order chi connectivity index (χ1) is 9.49. The van der Waals surface area contributed by atoms with Crippen LogP contribution in [0.25, 0.3) is 0 Å². The monoisotopic (exact) mass is 287 g/mol. The lowest BCUT2D eigenvalue weighted by molar-refractivity contribution is -0.0551. The number of aromatic nitrogens is 2. The second-order valence-corrected chi connectivity index (χ2v) is 4.58. The Kier molecular flexibility index (Phi) is 4.35. The molecule has 112 valence electrons. The summed E-state index contributed by atoms with van der Waals surface area (Å²) in [5.74, 6) is 0. The van der Waals surface area contributed by atoms with Crippen molar-refractivity contribution >= 4 is 0 Å². The van der Waals surface area contributed by atoms with Crippen LogP contribution in [0, 0.1) is 0 Å². The van der Waals surface area contributed by atoms with Gasteiger partial charge in [-0.2, -0.15) is 0 Å². The summed E-state index contributed by atoms with van der Waals surface area (Å²) in [5.41, 5.74) is -1.01. The predicted octanol–water partition coefficient (Wildman–Crippen LogP) is -3.13. The van der Waals surface area contributed by atoms with Gasteiger partial charge in [0.15, 0.2) is 6.23 Å². The summed E-state index contributed by atoms with van der Waals surface area (Å²) in [5, 5.41) is 31.3. The molecule has 5 N–H and O–H groups in total. The van der Waals surface area contributed by atoms with E-state index in [0.717, 1.165) is 4.57 Å². The lowest BCUT2D eigenvalue weighted by Gasteiger charge is -2.17. The maximum atomic E-state index is 11.8. The van der Waals surface area contributed by atoms with Crippen LogP contribution in [0.2, 0.25) is 0 Å². The van der Waals surface area contributed by atoms with Crippen LogP contribution in [0.4, 0.5) is 0 Å². The van der Waals surface area contributed by atoms with E-state index >= 15 is 0 Å². The smallest absolute Gasteiger partial charge is 0.330 e. The Morgan fingerprint density at radius 3 is 2.65 bits per heavy atom. The summed E-state index contributed by atoms with van der Waals surface area (Å²) in [6, 6.07) is 0. The Hall–Kier alpha value is -1.52. The molecular formula is C11H17N3O6. The van der Waals surface area contributed by atoms with Gasteiger partial charge in [-0.3, -0.25) is 14.3 Å². The Balaban J connectivity index is 2.40. The fourth-order valence-electron chi connectivity index (χ4n) is 2.14. The summed E-state index contributed by atoms with van der Waals surface area (Å²) in [6.45, 7) is -0.263. The van der Waals surface area contributed by atoms with Gasteiger partial charge in [0.05, 0.1) is 6.61 Å². The molecule has 9 heteroatoms. The van der Waals surface area contributed by atoms with E-state index in [4.69, 9.17) is 9.84 Å². The lowest BCUT2D eigenvalue weighted by Crippen LogP contribution is -2.39. The number of hydrogen-bond acceptors (Lipinski definition) is 7. The molecule has 0 radical (unpaired) electrons. The van der Waals surface area contributed by atoms with Gasteiger partial charge in [-0.25, -0.2) is 4.79 Å². The van der Waals surface area contributed by atoms with Crippen molar-refractivity contribution in [2.24, 2.45) is 0 Å². The number of H-pyrrole nitrogens is 1. The molecule has 0 spiro atoms. The van der Waals surface area contributed by atoms with Crippen molar-refractivity contribution in [1.82, 2.24) is 14.9 Å². The Morgan fingerprint density at radius 2 is 2.10 bits per heavy atom. The molecule has 0 bridgehead atoms. The van der Waals surface area contributed by atoms with Crippen molar-refractivity contribution in [2.75, 3.05) is 13.7 Å². The molecule has 2 rings (SSSR count). The highest BCUT2D eigenvalue weighted by atomic mass is 16.6. The Morgan fingerprint density at radius 1 is 1.40 bits per heavy atom. The highest BCUT2D eigenvalue weighted by Crippen LogP contribution is 2.27. The number of aliphatic hydroxyl groups excluding tert-OH is 3. The quantitative estimate of drug-likeness (QED) is 0.395. The van der Waals surface area contributed by atoms with E-state index in [9.17, 15) is 19.8 Å². The van der Waals surface area contributed by atoms with Crippen molar-refractivity contribution in [2.45, 2.75) is 31.1 Å². The van der Waals surface area contributed by atoms with E-state index in [1.54, 1.807) is 7.05 Å². The summed E-state index contributed by atoms with van der Waals surface area (Å²) in [6.07, 6.45) is -3.57. The molecule has 1 aromatic heterocycles. The van der Waals surface area contributed by atoms with E-state index in [1.165, 1.54) is 6.20 Å². The lowest BCUT2D eigenvalue weighted by atomic mass is 10.1. The largest absolute Gasteiger partial charge is 0.394 e. The minimum absolute atomic E-state index is 0.227. The van der Waals surface area contributed by atoms with Gasteiger partial charge in [-0.15, -0.1) is 0 Å². The molecule has 4 atom stereocenters. The third-order valence-electron chi connectivity index (χ3n) is 3.20. The first kappa shape index (κ1) is 14.9. The zero-order valence-electron chi connectivity index (χ0n) is 10.8. The second kappa shape index (κ2) is 5.85. The van der Waals surface area contributed by atoms with Crippen LogP contribution < -0.4 is 16.6 Å². The number of rotatable bonds is 4. The second-order valence-electron chi connectivity index (χ2n) is 4.58. The van der Waals surface area contributed by atoms with E-state index in [2.05, 4.69) is 10.3 Å². The van der Waals surface area contributed by atoms with Gasteiger partial charge in [0.2, 0.25) is 0 Å². The summed E-state index contributed by atoms with van der Waals surface area (Å²) in [4.78, 5) is 25.5. The normalized spacial score (nSPS) is 29.8. The molecule has 0 saturated carbocycles. The molecule has 1 fully saturated rings. The van der Waals surface area contributed by atoms with E-state index in [0.29, 0.717) is 0 Å². The van der Waals surface area contributed by atoms with Crippen LogP contribution in [0.1, 0.15) is 11.8 Å². The van der Waals surface area contributed by atoms with Gasteiger partial charge >= 0.3 is 5.69 Å². The van der Waals surface area contributed by atoms with Gasteiger partial charge in [0.1, 0.15) is 18.3 Å². The Labute approximate surface area is 113 Å². The fraction of sp³-hybridized carbons (Fsp3) is 0.636. The molecule has 1 aromatic rings. The topological polar surface area (TPSA) is 137 Å². The van der Waals surface area contributed by atoms with Gasteiger partial charge in [0.25, 0.3) is 5.56 Å². The molecule has 0 aromatic carbocycles. The molecule has 2 unspecified atom stereocenters. The molecule has 0 aliphatic carbocycles. The first-order valence-corrected chi connectivity index (χ1v) is 6.11. The zero-order valence-corrected chi connectivity index (χ0v) is 10.8.